The molecule has 0 bridgehead atoms. The molecule has 0 aliphatic carbocycles. The molecule has 4 rings (SSSR count). The summed E-state index contributed by atoms with van der Waals surface area (Å²) < 4.78 is 34.0. The molecule has 6 nitrogen and oxygen atoms in total. The first-order valence-corrected chi connectivity index (χ1v) is 11.0. The molecule has 2 aliphatic heterocycles. The number of aryl methyl sites for hydroxylation is 1. The van der Waals surface area contributed by atoms with Crippen LogP contribution in [0.25, 0.3) is 0 Å². The monoisotopic (exact) mass is 400 g/mol. The second kappa shape index (κ2) is 7.22. The van der Waals surface area contributed by atoms with Gasteiger partial charge >= 0.3 is 0 Å². The van der Waals surface area contributed by atoms with Gasteiger partial charge in [0.15, 0.2) is 0 Å². The number of anilines is 1. The lowest BCUT2D eigenvalue weighted by Gasteiger charge is -2.30. The summed E-state index contributed by atoms with van der Waals surface area (Å²) in [6.07, 6.45) is 1.64. The van der Waals surface area contributed by atoms with E-state index < -0.39 is 10.0 Å². The van der Waals surface area contributed by atoms with Crippen LogP contribution >= 0.6 is 0 Å². The first-order chi connectivity index (χ1) is 13.4. The van der Waals surface area contributed by atoms with Crippen molar-refractivity contribution in [3.05, 3.63) is 53.6 Å². The Morgan fingerprint density at radius 2 is 1.86 bits per heavy atom. The van der Waals surface area contributed by atoms with Crippen LogP contribution < -0.4 is 9.64 Å². The first kappa shape index (κ1) is 19.0. The summed E-state index contributed by atoms with van der Waals surface area (Å²) in [7, 11) is -3.67. The van der Waals surface area contributed by atoms with Crippen molar-refractivity contribution in [2.45, 2.75) is 37.6 Å². The molecule has 28 heavy (non-hydrogen) atoms. The van der Waals surface area contributed by atoms with Gasteiger partial charge < -0.3 is 9.64 Å². The van der Waals surface area contributed by atoms with Crippen molar-refractivity contribution in [2.24, 2.45) is 0 Å². The predicted octanol–water partition coefficient (Wildman–Crippen LogP) is 3.27. The molecule has 0 saturated carbocycles. The van der Waals surface area contributed by atoms with Gasteiger partial charge in [0.25, 0.3) is 0 Å². The Labute approximate surface area is 165 Å². The van der Waals surface area contributed by atoms with Gasteiger partial charge in [-0.05, 0) is 37.5 Å². The number of carbonyl (C=O) groups is 1. The highest BCUT2D eigenvalue weighted by molar-refractivity contribution is 7.89. The van der Waals surface area contributed by atoms with Crippen molar-refractivity contribution in [3.63, 3.8) is 0 Å². The number of nitrogens with zero attached hydrogens (tertiary/aromatic N) is 2. The van der Waals surface area contributed by atoms with E-state index in [-0.39, 0.29) is 16.8 Å². The molecular formula is C21H24N2O4S. The quantitative estimate of drug-likeness (QED) is 0.793. The highest BCUT2D eigenvalue weighted by Gasteiger charge is 2.37. The van der Waals surface area contributed by atoms with E-state index >= 15 is 0 Å². The molecule has 0 unspecified atom stereocenters. The summed E-state index contributed by atoms with van der Waals surface area (Å²) in [5.74, 6) is 0.354. The van der Waals surface area contributed by atoms with Crippen molar-refractivity contribution in [2.75, 3.05) is 24.6 Å². The maximum Gasteiger partial charge on any atom is 0.243 e. The zero-order valence-corrected chi connectivity index (χ0v) is 16.9. The van der Waals surface area contributed by atoms with Crippen LogP contribution in [-0.2, 0) is 14.8 Å². The predicted molar refractivity (Wildman–Crippen MR) is 107 cm³/mol. The van der Waals surface area contributed by atoms with E-state index in [2.05, 4.69) is 0 Å². The maximum absolute atomic E-state index is 13.4. The number of hydrogen-bond acceptors (Lipinski definition) is 4. The molecule has 2 aromatic rings. The number of amides is 1. The summed E-state index contributed by atoms with van der Waals surface area (Å²) in [6.45, 7) is 4.83. The minimum Gasteiger partial charge on any atom is -0.489 e. The minimum absolute atomic E-state index is 0.0841. The Bertz CT molecular complexity index is 1000. The number of ether oxygens (including phenoxy) is 1. The molecular weight excluding hydrogens is 376 g/mol. The zero-order chi connectivity index (χ0) is 19.9. The molecule has 148 valence electrons. The van der Waals surface area contributed by atoms with E-state index in [4.69, 9.17) is 4.74 Å². The topological polar surface area (TPSA) is 66.9 Å². The first-order valence-electron chi connectivity index (χ1n) is 9.51. The van der Waals surface area contributed by atoms with Crippen LogP contribution in [-0.4, -0.2) is 38.3 Å². The van der Waals surface area contributed by atoms with Crippen molar-refractivity contribution in [1.29, 1.82) is 0 Å². The van der Waals surface area contributed by atoms with Crippen molar-refractivity contribution in [3.8, 4) is 5.75 Å². The molecule has 1 amide bonds. The van der Waals surface area contributed by atoms with Gasteiger partial charge in [0, 0.05) is 19.5 Å². The van der Waals surface area contributed by atoms with Crippen LogP contribution in [0.4, 0.5) is 5.69 Å². The van der Waals surface area contributed by atoms with Gasteiger partial charge in [-0.3, -0.25) is 4.79 Å². The summed E-state index contributed by atoms with van der Waals surface area (Å²) in [6, 6.07) is 12.7. The smallest absolute Gasteiger partial charge is 0.243 e. The largest absolute Gasteiger partial charge is 0.489 e. The SMILES string of the molecule is CC(=O)N1CCOc2cc(S(=O)(=O)N3CCC[C@H]3c3ccc(C)cc3)ccc21. The van der Waals surface area contributed by atoms with Crippen LogP contribution in [0.5, 0.6) is 5.75 Å². The normalized spacial score (nSPS) is 19.9. The Balaban J connectivity index is 1.68. The van der Waals surface area contributed by atoms with E-state index in [1.165, 1.54) is 6.92 Å². The van der Waals surface area contributed by atoms with Gasteiger partial charge in [-0.2, -0.15) is 4.31 Å². The Kier molecular flexibility index (Phi) is 4.89. The number of benzene rings is 2. The van der Waals surface area contributed by atoms with Gasteiger partial charge in [-0.1, -0.05) is 29.8 Å². The average molecular weight is 401 g/mol. The summed E-state index contributed by atoms with van der Waals surface area (Å²) >= 11 is 0. The van der Waals surface area contributed by atoms with Crippen LogP contribution in [0, 0.1) is 6.92 Å². The molecule has 2 aliphatic rings. The lowest BCUT2D eigenvalue weighted by Crippen LogP contribution is -2.36. The van der Waals surface area contributed by atoms with E-state index in [9.17, 15) is 13.2 Å². The van der Waals surface area contributed by atoms with Gasteiger partial charge in [0.2, 0.25) is 15.9 Å². The van der Waals surface area contributed by atoms with E-state index in [0.717, 1.165) is 24.0 Å². The van der Waals surface area contributed by atoms with Gasteiger partial charge in [-0.15, -0.1) is 0 Å². The fourth-order valence-corrected chi connectivity index (χ4v) is 5.67. The molecule has 1 atom stereocenters. The summed E-state index contributed by atoms with van der Waals surface area (Å²) in [5.41, 5.74) is 2.79. The van der Waals surface area contributed by atoms with E-state index in [1.807, 2.05) is 31.2 Å². The molecule has 7 heteroatoms. The minimum atomic E-state index is -3.67. The number of carbonyl (C=O) groups excluding carboxylic acids is 1. The molecule has 0 N–H and O–H groups in total. The van der Waals surface area contributed by atoms with Crippen LogP contribution in [0.2, 0.25) is 0 Å². The zero-order valence-electron chi connectivity index (χ0n) is 16.1. The summed E-state index contributed by atoms with van der Waals surface area (Å²) in [4.78, 5) is 13.6. The summed E-state index contributed by atoms with van der Waals surface area (Å²) in [5, 5.41) is 0. The van der Waals surface area contributed by atoms with Crippen LogP contribution in [0.3, 0.4) is 0 Å². The Hall–Kier alpha value is -2.38. The molecule has 1 saturated heterocycles. The third-order valence-electron chi connectivity index (χ3n) is 5.45. The molecule has 0 radical (unpaired) electrons. The third kappa shape index (κ3) is 3.29. The van der Waals surface area contributed by atoms with Gasteiger partial charge in [-0.25, -0.2) is 8.42 Å². The Morgan fingerprint density at radius 1 is 1.11 bits per heavy atom. The highest BCUT2D eigenvalue weighted by Crippen LogP contribution is 2.39. The number of sulfonamides is 1. The molecule has 0 aromatic heterocycles. The second-order valence-electron chi connectivity index (χ2n) is 7.33. The third-order valence-corrected chi connectivity index (χ3v) is 7.35. The van der Waals surface area contributed by atoms with E-state index in [0.29, 0.717) is 31.1 Å². The molecule has 2 heterocycles. The van der Waals surface area contributed by atoms with Crippen molar-refractivity contribution < 1.29 is 17.9 Å². The van der Waals surface area contributed by atoms with Gasteiger partial charge in [0.05, 0.1) is 23.2 Å². The van der Waals surface area contributed by atoms with Crippen molar-refractivity contribution in [1.82, 2.24) is 4.31 Å². The lowest BCUT2D eigenvalue weighted by atomic mass is 10.0. The second-order valence-corrected chi connectivity index (χ2v) is 9.22. The Morgan fingerprint density at radius 3 is 2.57 bits per heavy atom. The highest BCUT2D eigenvalue weighted by atomic mass is 32.2. The molecule has 1 fully saturated rings. The van der Waals surface area contributed by atoms with Crippen LogP contribution in [0.1, 0.15) is 36.9 Å². The van der Waals surface area contributed by atoms with Gasteiger partial charge in [0.1, 0.15) is 12.4 Å². The van der Waals surface area contributed by atoms with E-state index in [1.54, 1.807) is 27.4 Å². The number of hydrogen-bond donors (Lipinski definition) is 0. The average Bonchev–Trinajstić information content (AvgIpc) is 3.18. The van der Waals surface area contributed by atoms with Crippen LogP contribution in [0.15, 0.2) is 47.4 Å². The van der Waals surface area contributed by atoms with Crippen molar-refractivity contribution >= 4 is 21.6 Å². The number of fused-ring (bicyclic) bond motifs is 1. The molecule has 0 spiro atoms. The molecule has 2 aromatic carbocycles. The number of rotatable bonds is 3. The fraction of sp³-hybridized carbons (Fsp3) is 0.381. The maximum atomic E-state index is 13.4. The fourth-order valence-electron chi connectivity index (χ4n) is 3.97. The standard InChI is InChI=1S/C21H24N2O4S/c1-15-5-7-17(8-6-15)19-4-3-11-23(19)28(25,26)18-9-10-20-21(14-18)27-13-12-22(20)16(2)24/h5-10,14,19H,3-4,11-13H2,1-2H3/t19-/m0/s1. The lowest BCUT2D eigenvalue weighted by molar-refractivity contribution is -0.116.